The first kappa shape index (κ1) is 28.5. The van der Waals surface area contributed by atoms with Crippen molar-refractivity contribution in [1.82, 2.24) is 34.8 Å². The Morgan fingerprint density at radius 1 is 0.705 bits per heavy atom. The SMILES string of the molecule is CC(=O)N1CCCC1c1cnc(-c2ccc(C3CCC(c4ccc(-c5cnc(C6CCCN6C(C)=O)[nH]5)cc4)N3O)cc2)[nH]1. The molecule has 4 aromatic rings. The van der Waals surface area contributed by atoms with E-state index < -0.39 is 0 Å². The molecule has 2 aromatic carbocycles. The van der Waals surface area contributed by atoms with Crippen molar-refractivity contribution < 1.29 is 14.8 Å². The minimum absolute atomic E-state index is 0.0140. The van der Waals surface area contributed by atoms with Gasteiger partial charge in [0, 0.05) is 32.5 Å². The van der Waals surface area contributed by atoms with Crippen molar-refractivity contribution in [3.63, 3.8) is 0 Å². The Bertz CT molecular complexity index is 1520. The van der Waals surface area contributed by atoms with Crippen LogP contribution in [0.4, 0.5) is 0 Å². The average molecular weight is 594 g/mol. The highest BCUT2D eigenvalue weighted by molar-refractivity contribution is 5.74. The Balaban J connectivity index is 1.01. The molecule has 10 nitrogen and oxygen atoms in total. The van der Waals surface area contributed by atoms with Crippen LogP contribution in [0.1, 0.15) is 99.2 Å². The number of likely N-dealkylation sites (tertiary alicyclic amines) is 2. The molecular formula is C34H39N7O3. The number of imidazole rings is 2. The molecule has 2 amide bonds. The third-order valence-corrected chi connectivity index (χ3v) is 9.71. The maximum Gasteiger partial charge on any atom is 0.220 e. The van der Waals surface area contributed by atoms with E-state index in [9.17, 15) is 14.8 Å². The van der Waals surface area contributed by atoms with Crippen LogP contribution in [0, 0.1) is 0 Å². The number of hydrogen-bond acceptors (Lipinski definition) is 6. The molecule has 7 rings (SSSR count). The Hall–Kier alpha value is -4.28. The first-order valence-electron chi connectivity index (χ1n) is 15.7. The predicted octanol–water partition coefficient (Wildman–Crippen LogP) is 6.10. The van der Waals surface area contributed by atoms with Gasteiger partial charge in [-0.05, 0) is 55.2 Å². The van der Waals surface area contributed by atoms with Crippen LogP contribution in [0.2, 0.25) is 0 Å². The van der Waals surface area contributed by atoms with E-state index in [0.717, 1.165) is 96.9 Å². The summed E-state index contributed by atoms with van der Waals surface area (Å²) in [6.45, 7) is 4.81. The summed E-state index contributed by atoms with van der Waals surface area (Å²) >= 11 is 0. The van der Waals surface area contributed by atoms with Crippen molar-refractivity contribution in [2.45, 2.75) is 76.5 Å². The fraction of sp³-hybridized carbons (Fsp3) is 0.412. The molecule has 0 saturated carbocycles. The number of aromatic nitrogens is 4. The second kappa shape index (κ2) is 11.7. The van der Waals surface area contributed by atoms with Gasteiger partial charge in [-0.2, -0.15) is 5.06 Å². The monoisotopic (exact) mass is 593 g/mol. The van der Waals surface area contributed by atoms with Crippen molar-refractivity contribution in [3.05, 3.63) is 83.6 Å². The topological polar surface area (TPSA) is 121 Å². The highest BCUT2D eigenvalue weighted by atomic mass is 16.5. The van der Waals surface area contributed by atoms with Gasteiger partial charge in [0.15, 0.2) is 0 Å². The third kappa shape index (κ3) is 5.22. The summed E-state index contributed by atoms with van der Waals surface area (Å²) in [6, 6.07) is 16.4. The summed E-state index contributed by atoms with van der Waals surface area (Å²) in [5.41, 5.74) is 6.04. The second-order valence-electron chi connectivity index (χ2n) is 12.3. The quantitative estimate of drug-likeness (QED) is 0.248. The van der Waals surface area contributed by atoms with Crippen molar-refractivity contribution >= 4 is 11.8 Å². The standard InChI is InChI=1S/C34H39N7O3/c1-21(42)39-17-3-5-31(39)28-20-35-33(38-28)26-13-11-25(12-14-26)30-16-15-29(41(30)44)24-9-7-23(8-10-24)27-19-36-34(37-27)32-6-4-18-40(32)22(2)43/h7-14,19-20,29-32,44H,3-6,15-18H2,1-2H3,(H,35,38)(H,36,37). The Morgan fingerprint density at radius 2 is 1.27 bits per heavy atom. The summed E-state index contributed by atoms with van der Waals surface area (Å²) < 4.78 is 0. The first-order valence-corrected chi connectivity index (χ1v) is 15.7. The number of aromatic amines is 2. The number of benzene rings is 2. The summed E-state index contributed by atoms with van der Waals surface area (Å²) in [5, 5.41) is 12.7. The molecule has 3 N–H and O–H groups in total. The van der Waals surface area contributed by atoms with E-state index in [2.05, 4.69) is 56.3 Å². The van der Waals surface area contributed by atoms with Gasteiger partial charge < -0.3 is 25.0 Å². The average Bonchev–Trinajstić information content (AvgIpc) is 3.86. The number of H-pyrrole nitrogens is 2. The number of amides is 2. The number of hydroxylamine groups is 2. The molecule has 4 atom stereocenters. The van der Waals surface area contributed by atoms with Crippen LogP contribution >= 0.6 is 0 Å². The maximum absolute atomic E-state index is 12.0. The molecule has 3 saturated heterocycles. The molecule has 0 radical (unpaired) electrons. The van der Waals surface area contributed by atoms with E-state index in [1.54, 1.807) is 13.8 Å². The number of nitrogens with zero attached hydrogens (tertiary/aromatic N) is 5. The largest absolute Gasteiger partial charge is 0.340 e. The van der Waals surface area contributed by atoms with Crippen LogP contribution in [0.3, 0.4) is 0 Å². The van der Waals surface area contributed by atoms with E-state index in [4.69, 9.17) is 0 Å². The molecule has 5 heterocycles. The summed E-state index contributed by atoms with van der Waals surface area (Å²) in [7, 11) is 0. The molecular weight excluding hydrogens is 554 g/mol. The Morgan fingerprint density at radius 3 is 1.89 bits per heavy atom. The Kier molecular flexibility index (Phi) is 7.55. The molecule has 3 aliphatic rings. The minimum Gasteiger partial charge on any atom is -0.340 e. The van der Waals surface area contributed by atoms with Crippen LogP contribution in [-0.2, 0) is 9.59 Å². The lowest BCUT2D eigenvalue weighted by Crippen LogP contribution is -2.28. The van der Waals surface area contributed by atoms with Crippen LogP contribution in [0.5, 0.6) is 0 Å². The second-order valence-corrected chi connectivity index (χ2v) is 12.3. The lowest BCUT2D eigenvalue weighted by atomic mass is 10.0. The predicted molar refractivity (Wildman–Crippen MR) is 165 cm³/mol. The van der Waals surface area contributed by atoms with E-state index in [-0.39, 0.29) is 36.0 Å². The molecule has 228 valence electrons. The fourth-order valence-corrected chi connectivity index (χ4v) is 7.38. The van der Waals surface area contributed by atoms with Crippen molar-refractivity contribution in [1.29, 1.82) is 0 Å². The fourth-order valence-electron chi connectivity index (χ4n) is 7.38. The zero-order chi connectivity index (χ0) is 30.4. The summed E-state index contributed by atoms with van der Waals surface area (Å²) in [4.78, 5) is 43.9. The van der Waals surface area contributed by atoms with Crippen LogP contribution in [0.15, 0.2) is 60.9 Å². The minimum atomic E-state index is -0.0886. The third-order valence-electron chi connectivity index (χ3n) is 9.71. The van der Waals surface area contributed by atoms with Crippen molar-refractivity contribution in [2.75, 3.05) is 13.1 Å². The molecule has 10 heteroatoms. The van der Waals surface area contributed by atoms with Gasteiger partial charge in [0.2, 0.25) is 11.8 Å². The van der Waals surface area contributed by atoms with E-state index in [0.29, 0.717) is 0 Å². The van der Waals surface area contributed by atoms with Gasteiger partial charge in [-0.25, -0.2) is 9.97 Å². The van der Waals surface area contributed by atoms with Crippen LogP contribution in [-0.4, -0.2) is 64.9 Å². The lowest BCUT2D eigenvalue weighted by Gasteiger charge is -2.24. The molecule has 3 fully saturated rings. The summed E-state index contributed by atoms with van der Waals surface area (Å²) in [6.07, 6.45) is 9.27. The van der Waals surface area contributed by atoms with Gasteiger partial charge in [-0.1, -0.05) is 48.5 Å². The molecule has 0 bridgehead atoms. The van der Waals surface area contributed by atoms with E-state index in [1.807, 2.05) is 34.3 Å². The van der Waals surface area contributed by atoms with Gasteiger partial charge >= 0.3 is 0 Å². The number of hydrogen-bond donors (Lipinski definition) is 3. The first-order chi connectivity index (χ1) is 21.4. The number of rotatable bonds is 6. The van der Waals surface area contributed by atoms with Crippen molar-refractivity contribution in [2.24, 2.45) is 0 Å². The van der Waals surface area contributed by atoms with Crippen molar-refractivity contribution in [3.8, 4) is 22.6 Å². The van der Waals surface area contributed by atoms with Gasteiger partial charge in [0.1, 0.15) is 11.6 Å². The lowest BCUT2D eigenvalue weighted by molar-refractivity contribution is -0.137. The molecule has 0 aliphatic carbocycles. The highest BCUT2D eigenvalue weighted by Crippen LogP contribution is 2.43. The zero-order valence-electron chi connectivity index (χ0n) is 25.2. The molecule has 0 spiro atoms. The summed E-state index contributed by atoms with van der Waals surface area (Å²) in [5.74, 6) is 1.81. The highest BCUT2D eigenvalue weighted by Gasteiger charge is 2.35. The number of carbonyl (C=O) groups excluding carboxylic acids is 2. The van der Waals surface area contributed by atoms with Gasteiger partial charge in [0.25, 0.3) is 0 Å². The van der Waals surface area contributed by atoms with E-state index in [1.165, 1.54) is 5.06 Å². The van der Waals surface area contributed by atoms with Crippen LogP contribution in [0.25, 0.3) is 22.6 Å². The van der Waals surface area contributed by atoms with Gasteiger partial charge in [0.05, 0.1) is 47.9 Å². The molecule has 4 unspecified atom stereocenters. The number of carbonyl (C=O) groups is 2. The maximum atomic E-state index is 12.0. The van der Waals surface area contributed by atoms with Gasteiger partial charge in [-0.15, -0.1) is 0 Å². The van der Waals surface area contributed by atoms with Gasteiger partial charge in [-0.3, -0.25) is 9.59 Å². The molecule has 44 heavy (non-hydrogen) atoms. The normalized spacial score (nSPS) is 24.0. The zero-order valence-corrected chi connectivity index (χ0v) is 25.2. The number of nitrogens with one attached hydrogen (secondary N) is 2. The Labute approximate surface area is 257 Å². The molecule has 3 aliphatic heterocycles. The smallest absolute Gasteiger partial charge is 0.220 e. The van der Waals surface area contributed by atoms with E-state index >= 15 is 0 Å². The van der Waals surface area contributed by atoms with Crippen LogP contribution < -0.4 is 0 Å². The molecule has 2 aromatic heterocycles.